The molecule has 2 heterocycles. The van der Waals surface area contributed by atoms with Crippen LogP contribution in [0.15, 0.2) is 12.2 Å². The third kappa shape index (κ3) is 8.54. The number of fused-ring (bicyclic) bond motifs is 1. The summed E-state index contributed by atoms with van der Waals surface area (Å²) in [6, 6.07) is 0. The van der Waals surface area contributed by atoms with Crippen LogP contribution in [0.4, 0.5) is 0 Å². The SMILES string of the molecule is C[C@H]1CCCCCCCCCC[C@@H](O[Si](C)(C)C(C)(C)C)[C@@H]2O[C@@H]2/C=C/C(=O)O1. The van der Waals surface area contributed by atoms with Crippen molar-refractivity contribution in [3.8, 4) is 0 Å². The highest BCUT2D eigenvalue weighted by molar-refractivity contribution is 6.74. The van der Waals surface area contributed by atoms with E-state index in [9.17, 15) is 4.79 Å². The average Bonchev–Trinajstić information content (AvgIpc) is 3.38. The van der Waals surface area contributed by atoms with Crippen LogP contribution in [0.2, 0.25) is 18.1 Å². The molecule has 1 fully saturated rings. The summed E-state index contributed by atoms with van der Waals surface area (Å²) in [7, 11) is -1.86. The molecule has 0 aromatic heterocycles. The van der Waals surface area contributed by atoms with Crippen LogP contribution in [-0.2, 0) is 18.7 Å². The van der Waals surface area contributed by atoms with E-state index in [2.05, 4.69) is 33.9 Å². The standard InChI is InChI=1S/C24H44O4Si/c1-19-15-13-11-9-7-8-10-12-14-16-21(28-29(5,6)24(2,3)4)23-20(27-23)17-18-22(25)26-19/h17-21,23H,7-16H2,1-6H3/b18-17+/t19-,20+,21+,23+/m0/s1. The van der Waals surface area contributed by atoms with Gasteiger partial charge >= 0.3 is 5.97 Å². The van der Waals surface area contributed by atoms with E-state index in [0.717, 1.165) is 19.3 Å². The summed E-state index contributed by atoms with van der Waals surface area (Å²) in [5.74, 6) is -0.255. The smallest absolute Gasteiger partial charge is 0.330 e. The molecule has 0 saturated carbocycles. The minimum atomic E-state index is -1.86. The Labute approximate surface area is 179 Å². The van der Waals surface area contributed by atoms with E-state index < -0.39 is 8.32 Å². The van der Waals surface area contributed by atoms with E-state index >= 15 is 0 Å². The molecule has 168 valence electrons. The summed E-state index contributed by atoms with van der Waals surface area (Å²) in [5.41, 5.74) is 0. The van der Waals surface area contributed by atoms with Crippen molar-refractivity contribution in [3.63, 3.8) is 0 Å². The number of hydrogen-bond donors (Lipinski definition) is 0. The number of carbonyl (C=O) groups is 1. The largest absolute Gasteiger partial charge is 0.460 e. The fraction of sp³-hybridized carbons (Fsp3) is 0.875. The molecule has 0 aliphatic carbocycles. The lowest BCUT2D eigenvalue weighted by atomic mass is 10.0. The Morgan fingerprint density at radius 1 is 0.966 bits per heavy atom. The van der Waals surface area contributed by atoms with Crippen molar-refractivity contribution < 1.29 is 18.7 Å². The molecule has 2 aliphatic rings. The maximum absolute atomic E-state index is 12.1. The van der Waals surface area contributed by atoms with Crippen LogP contribution in [0.25, 0.3) is 0 Å². The van der Waals surface area contributed by atoms with E-state index in [1.807, 2.05) is 13.0 Å². The van der Waals surface area contributed by atoms with Crippen LogP contribution in [0.3, 0.4) is 0 Å². The maximum atomic E-state index is 12.1. The zero-order valence-electron chi connectivity index (χ0n) is 19.7. The van der Waals surface area contributed by atoms with Crippen molar-refractivity contribution >= 4 is 14.3 Å². The molecule has 4 nitrogen and oxygen atoms in total. The molecule has 0 spiro atoms. The molecule has 0 unspecified atom stereocenters. The Morgan fingerprint density at radius 2 is 1.52 bits per heavy atom. The number of esters is 1. The molecule has 2 rings (SSSR count). The van der Waals surface area contributed by atoms with Crippen molar-refractivity contribution in [1.82, 2.24) is 0 Å². The average molecular weight is 425 g/mol. The van der Waals surface area contributed by atoms with Crippen molar-refractivity contribution in [2.24, 2.45) is 0 Å². The van der Waals surface area contributed by atoms with E-state index in [4.69, 9.17) is 13.9 Å². The van der Waals surface area contributed by atoms with E-state index in [0.29, 0.717) is 0 Å². The van der Waals surface area contributed by atoms with Gasteiger partial charge in [-0.1, -0.05) is 65.7 Å². The van der Waals surface area contributed by atoms with Gasteiger partial charge in [-0.3, -0.25) is 0 Å². The van der Waals surface area contributed by atoms with Gasteiger partial charge in [-0.15, -0.1) is 0 Å². The summed E-state index contributed by atoms with van der Waals surface area (Å²) < 4.78 is 18.2. The first-order valence-corrected chi connectivity index (χ1v) is 14.7. The third-order valence-corrected chi connectivity index (χ3v) is 11.3. The lowest BCUT2D eigenvalue weighted by Crippen LogP contribution is -2.45. The normalized spacial score (nSPS) is 32.4. The molecule has 4 atom stereocenters. The second-order valence-electron chi connectivity index (χ2n) is 10.5. The van der Waals surface area contributed by atoms with Gasteiger partial charge in [-0.05, 0) is 50.4 Å². The highest BCUT2D eigenvalue weighted by Crippen LogP contribution is 2.41. The summed E-state index contributed by atoms with van der Waals surface area (Å²) in [5, 5.41) is 0.180. The fourth-order valence-electron chi connectivity index (χ4n) is 3.74. The molecule has 0 amide bonds. The molecule has 0 N–H and O–H groups in total. The highest BCUT2D eigenvalue weighted by atomic mass is 28.4. The molecule has 1 saturated heterocycles. The van der Waals surface area contributed by atoms with Crippen molar-refractivity contribution in [1.29, 1.82) is 0 Å². The molecule has 0 aromatic rings. The van der Waals surface area contributed by atoms with E-state index in [1.165, 1.54) is 44.9 Å². The number of hydrogen-bond acceptors (Lipinski definition) is 4. The summed E-state index contributed by atoms with van der Waals surface area (Å²) in [6.45, 7) is 13.5. The number of rotatable bonds is 2. The Kier molecular flexibility index (Phi) is 9.42. The first-order chi connectivity index (χ1) is 13.6. The predicted molar refractivity (Wildman–Crippen MR) is 122 cm³/mol. The quantitative estimate of drug-likeness (QED) is 0.286. The minimum absolute atomic E-state index is 0.0170. The predicted octanol–water partition coefficient (Wildman–Crippen LogP) is 6.55. The van der Waals surface area contributed by atoms with Crippen molar-refractivity contribution in [2.45, 2.75) is 134 Å². The number of cyclic esters (lactones) is 1. The van der Waals surface area contributed by atoms with Crippen LogP contribution in [0, 0.1) is 0 Å². The lowest BCUT2D eigenvalue weighted by molar-refractivity contribution is -0.142. The van der Waals surface area contributed by atoms with Crippen molar-refractivity contribution in [3.05, 3.63) is 12.2 Å². The lowest BCUT2D eigenvalue weighted by Gasteiger charge is -2.39. The van der Waals surface area contributed by atoms with Gasteiger partial charge in [0.15, 0.2) is 8.32 Å². The van der Waals surface area contributed by atoms with Gasteiger partial charge in [0, 0.05) is 6.08 Å². The number of carbonyl (C=O) groups excluding carboxylic acids is 1. The van der Waals surface area contributed by atoms with Crippen LogP contribution >= 0.6 is 0 Å². The zero-order chi connectivity index (χ0) is 21.5. The van der Waals surface area contributed by atoms with Crippen LogP contribution in [0.1, 0.15) is 91.9 Å². The van der Waals surface area contributed by atoms with Gasteiger partial charge in [0.2, 0.25) is 0 Å². The van der Waals surface area contributed by atoms with Crippen LogP contribution < -0.4 is 0 Å². The molecule has 0 bridgehead atoms. The van der Waals surface area contributed by atoms with Crippen LogP contribution in [0.5, 0.6) is 0 Å². The molecule has 29 heavy (non-hydrogen) atoms. The van der Waals surface area contributed by atoms with Gasteiger partial charge < -0.3 is 13.9 Å². The van der Waals surface area contributed by atoms with Gasteiger partial charge in [-0.25, -0.2) is 4.79 Å². The summed E-state index contributed by atoms with van der Waals surface area (Å²) in [6.07, 6.45) is 15.6. The zero-order valence-corrected chi connectivity index (χ0v) is 20.7. The van der Waals surface area contributed by atoms with Crippen molar-refractivity contribution in [2.75, 3.05) is 0 Å². The highest BCUT2D eigenvalue weighted by Gasteiger charge is 2.48. The number of epoxide rings is 1. The molecule has 0 aromatic carbocycles. The number of ether oxygens (including phenoxy) is 2. The van der Waals surface area contributed by atoms with Gasteiger partial charge in [-0.2, -0.15) is 0 Å². The van der Waals surface area contributed by atoms with Gasteiger partial charge in [0.1, 0.15) is 12.2 Å². The molecule has 0 radical (unpaired) electrons. The molecule has 2 aliphatic heterocycles. The third-order valence-electron chi connectivity index (χ3n) is 6.77. The van der Waals surface area contributed by atoms with E-state index in [-0.39, 0.29) is 35.4 Å². The first-order valence-electron chi connectivity index (χ1n) is 11.8. The summed E-state index contributed by atoms with van der Waals surface area (Å²) in [4.78, 5) is 12.1. The Bertz CT molecular complexity index is 537. The molecular formula is C24H44O4Si. The monoisotopic (exact) mass is 424 g/mol. The van der Waals surface area contributed by atoms with E-state index in [1.54, 1.807) is 6.08 Å². The topological polar surface area (TPSA) is 48.1 Å². The second-order valence-corrected chi connectivity index (χ2v) is 15.3. The Hall–Kier alpha value is -0.653. The van der Waals surface area contributed by atoms with Gasteiger partial charge in [0.25, 0.3) is 0 Å². The summed E-state index contributed by atoms with van der Waals surface area (Å²) >= 11 is 0. The molecular weight excluding hydrogens is 380 g/mol. The Morgan fingerprint density at radius 3 is 2.10 bits per heavy atom. The second kappa shape index (κ2) is 11.1. The fourth-order valence-corrected chi connectivity index (χ4v) is 5.11. The van der Waals surface area contributed by atoms with Crippen LogP contribution in [-0.4, -0.2) is 38.7 Å². The maximum Gasteiger partial charge on any atom is 0.330 e. The molecule has 5 heteroatoms. The minimum Gasteiger partial charge on any atom is -0.460 e. The van der Waals surface area contributed by atoms with Gasteiger partial charge in [0.05, 0.1) is 12.2 Å². The Balaban J connectivity index is 2.00. The first kappa shape index (κ1) is 24.6.